The van der Waals surface area contributed by atoms with Crippen LogP contribution in [-0.4, -0.2) is 48.7 Å². The topological polar surface area (TPSA) is 63.7 Å². The van der Waals surface area contributed by atoms with Gasteiger partial charge in [-0.25, -0.2) is 4.98 Å². The number of benzene rings is 1. The van der Waals surface area contributed by atoms with E-state index in [2.05, 4.69) is 27.3 Å². The molecule has 6 nitrogen and oxygen atoms in total. The van der Waals surface area contributed by atoms with E-state index in [1.54, 1.807) is 6.20 Å². The third-order valence-electron chi connectivity index (χ3n) is 4.77. The number of nitrogens with one attached hydrogen (secondary N) is 1. The number of hydrogen-bond acceptors (Lipinski definition) is 6. The predicted octanol–water partition coefficient (Wildman–Crippen LogP) is 3.27. The van der Waals surface area contributed by atoms with E-state index in [-0.39, 0.29) is 5.97 Å². The Balaban J connectivity index is 1.39. The third-order valence-corrected chi connectivity index (χ3v) is 4.77. The van der Waals surface area contributed by atoms with E-state index < -0.39 is 0 Å². The second-order valence-electron chi connectivity index (χ2n) is 6.86. The summed E-state index contributed by atoms with van der Waals surface area (Å²) in [4.78, 5) is 18.1. The van der Waals surface area contributed by atoms with Crippen molar-refractivity contribution in [3.8, 4) is 5.75 Å². The summed E-state index contributed by atoms with van der Waals surface area (Å²) in [6.45, 7) is 6.38. The van der Waals surface area contributed by atoms with Gasteiger partial charge in [-0.2, -0.15) is 0 Å². The molecule has 0 aliphatic carbocycles. The van der Waals surface area contributed by atoms with Crippen molar-refractivity contribution in [2.75, 3.05) is 38.2 Å². The second-order valence-corrected chi connectivity index (χ2v) is 6.86. The standard InChI is InChI=1S/C22H29N3O3/c1-2-27-22(26)10-14-25-13-9-18-16-20(8-7-19(18)17-25)28-15-5-12-24-21-6-3-4-11-23-21/h3-4,6-8,11,16H,2,5,9-10,12-15,17H2,1H3,(H,23,24). The summed E-state index contributed by atoms with van der Waals surface area (Å²) in [5.41, 5.74) is 2.66. The molecule has 0 saturated heterocycles. The van der Waals surface area contributed by atoms with Crippen molar-refractivity contribution in [2.45, 2.75) is 32.7 Å². The van der Waals surface area contributed by atoms with Crippen LogP contribution in [0.1, 0.15) is 30.9 Å². The molecule has 0 radical (unpaired) electrons. The summed E-state index contributed by atoms with van der Waals surface area (Å²) in [7, 11) is 0. The lowest BCUT2D eigenvalue weighted by Crippen LogP contribution is -2.32. The van der Waals surface area contributed by atoms with E-state index in [9.17, 15) is 4.79 Å². The van der Waals surface area contributed by atoms with Crippen molar-refractivity contribution >= 4 is 11.8 Å². The Kier molecular flexibility index (Phi) is 7.67. The van der Waals surface area contributed by atoms with Crippen LogP contribution in [0.2, 0.25) is 0 Å². The zero-order valence-electron chi connectivity index (χ0n) is 16.5. The SMILES string of the molecule is CCOC(=O)CCN1CCc2cc(OCCCNc3ccccn3)ccc2C1. The molecule has 2 aromatic rings. The van der Waals surface area contributed by atoms with Crippen molar-refractivity contribution in [1.82, 2.24) is 9.88 Å². The number of hydrogen-bond donors (Lipinski definition) is 1. The van der Waals surface area contributed by atoms with Crippen LogP contribution in [0.3, 0.4) is 0 Å². The van der Waals surface area contributed by atoms with Crippen molar-refractivity contribution in [3.63, 3.8) is 0 Å². The van der Waals surface area contributed by atoms with E-state index in [1.807, 2.05) is 31.2 Å². The number of anilines is 1. The fourth-order valence-corrected chi connectivity index (χ4v) is 3.30. The Morgan fingerprint density at radius 3 is 3.00 bits per heavy atom. The van der Waals surface area contributed by atoms with Gasteiger partial charge in [-0.05, 0) is 55.2 Å². The van der Waals surface area contributed by atoms with Crippen molar-refractivity contribution < 1.29 is 14.3 Å². The Hall–Kier alpha value is -2.60. The lowest BCUT2D eigenvalue weighted by atomic mass is 9.99. The largest absolute Gasteiger partial charge is 0.494 e. The molecule has 1 aromatic heterocycles. The van der Waals surface area contributed by atoms with Crippen LogP contribution < -0.4 is 10.1 Å². The highest BCUT2D eigenvalue weighted by Gasteiger charge is 2.17. The molecule has 0 unspecified atom stereocenters. The van der Waals surface area contributed by atoms with Gasteiger partial charge in [0.15, 0.2) is 0 Å². The first-order valence-electron chi connectivity index (χ1n) is 10.0. The molecular weight excluding hydrogens is 354 g/mol. The molecule has 0 bridgehead atoms. The fourth-order valence-electron chi connectivity index (χ4n) is 3.30. The minimum atomic E-state index is -0.116. The molecule has 150 valence electrons. The maximum absolute atomic E-state index is 11.5. The van der Waals surface area contributed by atoms with Gasteiger partial charge >= 0.3 is 5.97 Å². The van der Waals surface area contributed by atoms with Gasteiger partial charge in [-0.3, -0.25) is 9.69 Å². The van der Waals surface area contributed by atoms with E-state index in [4.69, 9.17) is 9.47 Å². The maximum atomic E-state index is 11.5. The van der Waals surface area contributed by atoms with E-state index in [1.165, 1.54) is 11.1 Å². The van der Waals surface area contributed by atoms with Gasteiger partial charge in [-0.1, -0.05) is 12.1 Å². The van der Waals surface area contributed by atoms with Crippen LogP contribution in [0.4, 0.5) is 5.82 Å². The maximum Gasteiger partial charge on any atom is 0.307 e. The van der Waals surface area contributed by atoms with Gasteiger partial charge in [0.25, 0.3) is 0 Å². The van der Waals surface area contributed by atoms with E-state index in [0.717, 1.165) is 50.6 Å². The molecule has 0 spiro atoms. The molecule has 1 aliphatic heterocycles. The summed E-state index contributed by atoms with van der Waals surface area (Å²) in [5.74, 6) is 1.70. The number of carbonyl (C=O) groups excluding carboxylic acids is 1. The monoisotopic (exact) mass is 383 g/mol. The Bertz CT molecular complexity index is 752. The van der Waals surface area contributed by atoms with E-state index >= 15 is 0 Å². The van der Waals surface area contributed by atoms with Gasteiger partial charge in [0.1, 0.15) is 11.6 Å². The lowest BCUT2D eigenvalue weighted by molar-refractivity contribution is -0.143. The van der Waals surface area contributed by atoms with Gasteiger partial charge in [0.2, 0.25) is 0 Å². The Morgan fingerprint density at radius 1 is 1.25 bits per heavy atom. The number of rotatable bonds is 10. The zero-order valence-corrected chi connectivity index (χ0v) is 16.5. The molecule has 0 atom stereocenters. The highest BCUT2D eigenvalue weighted by Crippen LogP contribution is 2.24. The molecule has 0 saturated carbocycles. The van der Waals surface area contributed by atoms with Gasteiger partial charge in [-0.15, -0.1) is 0 Å². The molecule has 1 aromatic carbocycles. The normalized spacial score (nSPS) is 13.6. The quantitative estimate of drug-likeness (QED) is 0.502. The lowest BCUT2D eigenvalue weighted by Gasteiger charge is -2.28. The van der Waals surface area contributed by atoms with Gasteiger partial charge in [0.05, 0.1) is 19.6 Å². The van der Waals surface area contributed by atoms with E-state index in [0.29, 0.717) is 19.6 Å². The van der Waals surface area contributed by atoms with Crippen LogP contribution in [0.25, 0.3) is 0 Å². The minimum absolute atomic E-state index is 0.116. The first kappa shape index (κ1) is 20.1. The van der Waals surface area contributed by atoms with Crippen LogP contribution in [0.15, 0.2) is 42.6 Å². The number of esters is 1. The molecule has 1 N–H and O–H groups in total. The minimum Gasteiger partial charge on any atom is -0.494 e. The molecule has 3 rings (SSSR count). The second kappa shape index (κ2) is 10.7. The molecule has 28 heavy (non-hydrogen) atoms. The smallest absolute Gasteiger partial charge is 0.307 e. The number of pyridine rings is 1. The molecular formula is C22H29N3O3. The van der Waals surface area contributed by atoms with Gasteiger partial charge < -0.3 is 14.8 Å². The first-order valence-corrected chi connectivity index (χ1v) is 10.0. The summed E-state index contributed by atoms with van der Waals surface area (Å²) >= 11 is 0. The van der Waals surface area contributed by atoms with Crippen molar-refractivity contribution in [2.24, 2.45) is 0 Å². The highest BCUT2D eigenvalue weighted by atomic mass is 16.5. The summed E-state index contributed by atoms with van der Waals surface area (Å²) in [6, 6.07) is 12.2. The highest BCUT2D eigenvalue weighted by molar-refractivity contribution is 5.69. The molecule has 2 heterocycles. The van der Waals surface area contributed by atoms with Crippen LogP contribution >= 0.6 is 0 Å². The number of ether oxygens (including phenoxy) is 2. The summed E-state index contributed by atoms with van der Waals surface area (Å²) in [6.07, 6.45) is 4.13. The number of carbonyl (C=O) groups is 1. The number of nitrogens with zero attached hydrogens (tertiary/aromatic N) is 2. The summed E-state index contributed by atoms with van der Waals surface area (Å²) in [5, 5.41) is 3.28. The van der Waals surface area contributed by atoms with Crippen LogP contribution in [0, 0.1) is 0 Å². The molecule has 6 heteroatoms. The Morgan fingerprint density at radius 2 is 2.18 bits per heavy atom. The van der Waals surface area contributed by atoms with Crippen LogP contribution in [0.5, 0.6) is 5.75 Å². The Labute approximate surface area is 166 Å². The molecule has 0 amide bonds. The average Bonchev–Trinajstić information content (AvgIpc) is 2.73. The third kappa shape index (κ3) is 6.23. The molecule has 1 aliphatic rings. The number of aromatic nitrogens is 1. The van der Waals surface area contributed by atoms with Crippen molar-refractivity contribution in [1.29, 1.82) is 0 Å². The van der Waals surface area contributed by atoms with Gasteiger partial charge in [0, 0.05) is 32.4 Å². The predicted molar refractivity (Wildman–Crippen MR) is 110 cm³/mol. The average molecular weight is 383 g/mol. The number of fused-ring (bicyclic) bond motifs is 1. The fraction of sp³-hybridized carbons (Fsp3) is 0.455. The van der Waals surface area contributed by atoms with Crippen molar-refractivity contribution in [3.05, 3.63) is 53.7 Å². The van der Waals surface area contributed by atoms with Crippen LogP contribution in [-0.2, 0) is 22.5 Å². The summed E-state index contributed by atoms with van der Waals surface area (Å²) < 4.78 is 10.9. The molecule has 0 fully saturated rings. The zero-order chi connectivity index (χ0) is 19.6. The first-order chi connectivity index (χ1) is 13.7.